The number of carbonyl (C=O) groups excluding carboxylic acids is 3. The highest BCUT2D eigenvalue weighted by molar-refractivity contribution is 6.03. The van der Waals surface area contributed by atoms with Crippen molar-refractivity contribution in [1.82, 2.24) is 4.90 Å². The van der Waals surface area contributed by atoms with E-state index in [0.717, 1.165) is 12.0 Å². The first kappa shape index (κ1) is 18.9. The first-order chi connectivity index (χ1) is 13.1. The number of esters is 2. The second kappa shape index (κ2) is 8.22. The maximum atomic E-state index is 12.4. The number of para-hydroxylation sites is 1. The third kappa shape index (κ3) is 3.80. The Labute approximate surface area is 157 Å². The summed E-state index contributed by atoms with van der Waals surface area (Å²) < 4.78 is 15.2. The quantitative estimate of drug-likeness (QED) is 0.716. The molecule has 0 saturated carbocycles. The van der Waals surface area contributed by atoms with Crippen LogP contribution in [0.3, 0.4) is 0 Å². The summed E-state index contributed by atoms with van der Waals surface area (Å²) in [6.07, 6.45) is 1.39. The molecule has 0 atom stereocenters. The molecule has 0 radical (unpaired) electrons. The van der Waals surface area contributed by atoms with Gasteiger partial charge in [-0.15, -0.1) is 0 Å². The van der Waals surface area contributed by atoms with Gasteiger partial charge in [0.2, 0.25) is 5.91 Å². The van der Waals surface area contributed by atoms with Crippen LogP contribution >= 0.6 is 0 Å². The van der Waals surface area contributed by atoms with Crippen LogP contribution in [-0.4, -0.2) is 56.8 Å². The van der Waals surface area contributed by atoms with E-state index in [1.165, 1.54) is 14.2 Å². The number of carbonyl (C=O) groups is 3. The Hall–Kier alpha value is -2.87. The first-order valence-corrected chi connectivity index (χ1v) is 8.67. The SMILES string of the molecule is COC(=O)C1=C(C(=O)OC)N(c2ccccc2CN2CCCC2=O)COC1. The third-order valence-electron chi connectivity index (χ3n) is 4.65. The molecule has 3 rings (SSSR count). The monoisotopic (exact) mass is 374 g/mol. The van der Waals surface area contributed by atoms with Crippen molar-refractivity contribution in [2.75, 3.05) is 39.0 Å². The highest BCUT2D eigenvalue weighted by Gasteiger charge is 2.33. The molecule has 0 N–H and O–H groups in total. The van der Waals surface area contributed by atoms with Gasteiger partial charge in [-0.1, -0.05) is 18.2 Å². The van der Waals surface area contributed by atoms with Gasteiger partial charge in [0, 0.05) is 25.2 Å². The lowest BCUT2D eigenvalue weighted by Gasteiger charge is -2.33. The molecule has 1 amide bonds. The second-order valence-electron chi connectivity index (χ2n) is 6.26. The summed E-state index contributed by atoms with van der Waals surface area (Å²) in [6, 6.07) is 7.41. The van der Waals surface area contributed by atoms with E-state index in [-0.39, 0.29) is 30.5 Å². The minimum absolute atomic E-state index is 0.0413. The minimum atomic E-state index is -0.647. The van der Waals surface area contributed by atoms with Crippen LogP contribution in [-0.2, 0) is 35.1 Å². The van der Waals surface area contributed by atoms with Gasteiger partial charge in [0.15, 0.2) is 0 Å². The van der Waals surface area contributed by atoms with Gasteiger partial charge in [0.25, 0.3) is 0 Å². The zero-order valence-corrected chi connectivity index (χ0v) is 15.4. The Balaban J connectivity index is 2.02. The van der Waals surface area contributed by atoms with Crippen molar-refractivity contribution in [1.29, 1.82) is 0 Å². The van der Waals surface area contributed by atoms with Crippen LogP contribution in [0.2, 0.25) is 0 Å². The standard InChI is InChI=1S/C19H22N2O6/c1-25-18(23)14-11-27-12-21(17(14)19(24)26-2)15-7-4-3-6-13(15)10-20-9-5-8-16(20)22/h3-4,6-7H,5,8-12H2,1-2H3. The van der Waals surface area contributed by atoms with E-state index in [1.807, 2.05) is 24.3 Å². The fraction of sp³-hybridized carbons (Fsp3) is 0.421. The molecule has 0 aliphatic carbocycles. The Kier molecular flexibility index (Phi) is 5.75. The van der Waals surface area contributed by atoms with Crippen molar-refractivity contribution in [2.45, 2.75) is 19.4 Å². The average Bonchev–Trinajstić information content (AvgIpc) is 3.11. The van der Waals surface area contributed by atoms with Crippen molar-refractivity contribution in [3.63, 3.8) is 0 Å². The number of likely N-dealkylation sites (tertiary alicyclic amines) is 1. The molecule has 1 saturated heterocycles. The lowest BCUT2D eigenvalue weighted by Crippen LogP contribution is -2.39. The summed E-state index contributed by atoms with van der Waals surface area (Å²) in [5.74, 6) is -1.18. The van der Waals surface area contributed by atoms with Gasteiger partial charge in [0.1, 0.15) is 12.4 Å². The molecule has 0 unspecified atom stereocenters. The van der Waals surface area contributed by atoms with E-state index < -0.39 is 11.9 Å². The van der Waals surface area contributed by atoms with E-state index in [2.05, 4.69) is 0 Å². The van der Waals surface area contributed by atoms with E-state index in [4.69, 9.17) is 14.2 Å². The predicted molar refractivity (Wildman–Crippen MR) is 95.4 cm³/mol. The van der Waals surface area contributed by atoms with Crippen LogP contribution < -0.4 is 4.90 Å². The molecular weight excluding hydrogens is 352 g/mol. The number of anilines is 1. The summed E-state index contributed by atoms with van der Waals surface area (Å²) in [5.41, 5.74) is 1.72. The summed E-state index contributed by atoms with van der Waals surface area (Å²) in [6.45, 7) is 1.17. The molecule has 1 aromatic carbocycles. The van der Waals surface area contributed by atoms with Crippen molar-refractivity contribution < 1.29 is 28.6 Å². The van der Waals surface area contributed by atoms with Crippen molar-refractivity contribution >= 4 is 23.5 Å². The molecule has 1 fully saturated rings. The van der Waals surface area contributed by atoms with Gasteiger partial charge in [0.05, 0.1) is 26.4 Å². The van der Waals surface area contributed by atoms with Crippen LogP contribution in [0.5, 0.6) is 0 Å². The highest BCUT2D eigenvalue weighted by Crippen LogP contribution is 2.31. The number of benzene rings is 1. The molecule has 8 heteroatoms. The second-order valence-corrected chi connectivity index (χ2v) is 6.26. The lowest BCUT2D eigenvalue weighted by atomic mass is 10.1. The number of hydrogen-bond donors (Lipinski definition) is 0. The summed E-state index contributed by atoms with van der Waals surface area (Å²) >= 11 is 0. The van der Waals surface area contributed by atoms with Crippen LogP contribution in [0.15, 0.2) is 35.5 Å². The molecule has 2 heterocycles. The smallest absolute Gasteiger partial charge is 0.355 e. The fourth-order valence-corrected chi connectivity index (χ4v) is 3.32. The van der Waals surface area contributed by atoms with Crippen molar-refractivity contribution in [3.05, 3.63) is 41.1 Å². The Bertz CT molecular complexity index is 788. The Morgan fingerprint density at radius 3 is 2.56 bits per heavy atom. The number of methoxy groups -OCH3 is 2. The van der Waals surface area contributed by atoms with Crippen molar-refractivity contribution in [3.8, 4) is 0 Å². The number of nitrogens with zero attached hydrogens (tertiary/aromatic N) is 2. The predicted octanol–water partition coefficient (Wildman–Crippen LogP) is 1.20. The van der Waals surface area contributed by atoms with Crippen LogP contribution in [0.4, 0.5) is 5.69 Å². The van der Waals surface area contributed by atoms with Gasteiger partial charge in [-0.3, -0.25) is 4.79 Å². The van der Waals surface area contributed by atoms with Gasteiger partial charge in [-0.05, 0) is 18.1 Å². The van der Waals surface area contributed by atoms with Crippen LogP contribution in [0, 0.1) is 0 Å². The molecule has 27 heavy (non-hydrogen) atoms. The number of ether oxygens (including phenoxy) is 3. The number of rotatable bonds is 5. The van der Waals surface area contributed by atoms with Gasteiger partial charge < -0.3 is 24.0 Å². The number of hydrogen-bond acceptors (Lipinski definition) is 7. The van der Waals surface area contributed by atoms with E-state index in [9.17, 15) is 14.4 Å². The molecule has 8 nitrogen and oxygen atoms in total. The van der Waals surface area contributed by atoms with Gasteiger partial charge in [-0.2, -0.15) is 0 Å². The Morgan fingerprint density at radius 2 is 1.89 bits per heavy atom. The maximum Gasteiger partial charge on any atom is 0.355 e. The normalized spacial score (nSPS) is 17.3. The summed E-state index contributed by atoms with van der Waals surface area (Å²) in [5, 5.41) is 0. The van der Waals surface area contributed by atoms with Crippen LogP contribution in [0.25, 0.3) is 0 Å². The third-order valence-corrected chi connectivity index (χ3v) is 4.65. The van der Waals surface area contributed by atoms with Crippen molar-refractivity contribution in [2.24, 2.45) is 0 Å². The molecule has 0 bridgehead atoms. The maximum absolute atomic E-state index is 12.4. The van der Waals surface area contributed by atoms with Gasteiger partial charge in [-0.25, -0.2) is 9.59 Å². The molecule has 0 spiro atoms. The summed E-state index contributed by atoms with van der Waals surface area (Å²) in [7, 11) is 2.50. The lowest BCUT2D eigenvalue weighted by molar-refractivity contribution is -0.140. The zero-order valence-electron chi connectivity index (χ0n) is 15.4. The molecular formula is C19H22N2O6. The topological polar surface area (TPSA) is 85.4 Å². The van der Waals surface area contributed by atoms with E-state index in [0.29, 0.717) is 25.2 Å². The largest absolute Gasteiger partial charge is 0.466 e. The first-order valence-electron chi connectivity index (χ1n) is 8.67. The van der Waals surface area contributed by atoms with Crippen LogP contribution in [0.1, 0.15) is 18.4 Å². The highest BCUT2D eigenvalue weighted by atomic mass is 16.5. The van der Waals surface area contributed by atoms with E-state index in [1.54, 1.807) is 9.80 Å². The van der Waals surface area contributed by atoms with Gasteiger partial charge >= 0.3 is 11.9 Å². The molecule has 2 aliphatic rings. The minimum Gasteiger partial charge on any atom is -0.466 e. The van der Waals surface area contributed by atoms with E-state index >= 15 is 0 Å². The molecule has 2 aliphatic heterocycles. The Morgan fingerprint density at radius 1 is 1.15 bits per heavy atom. The summed E-state index contributed by atoms with van der Waals surface area (Å²) in [4.78, 5) is 40.0. The molecule has 144 valence electrons. The average molecular weight is 374 g/mol. The molecule has 1 aromatic rings. The zero-order chi connectivity index (χ0) is 19.4. The number of amides is 1. The molecule has 0 aromatic heterocycles. The fourth-order valence-electron chi connectivity index (χ4n) is 3.32.